The molecule has 3 N–H and O–H groups in total. The van der Waals surface area contributed by atoms with Gasteiger partial charge >= 0.3 is 11.7 Å². The van der Waals surface area contributed by atoms with Crippen molar-refractivity contribution < 1.29 is 13.6 Å². The highest BCUT2D eigenvalue weighted by atomic mass is 19.2. The van der Waals surface area contributed by atoms with Crippen molar-refractivity contribution in [3.63, 3.8) is 0 Å². The molecular weight excluding hydrogens is 298 g/mol. The van der Waals surface area contributed by atoms with Crippen LogP contribution in [0.3, 0.4) is 0 Å². The molecule has 0 saturated carbocycles. The van der Waals surface area contributed by atoms with Gasteiger partial charge in [-0.1, -0.05) is 6.07 Å². The summed E-state index contributed by atoms with van der Waals surface area (Å²) in [5, 5.41) is 4.81. The molecule has 0 fully saturated rings. The maximum Gasteiger partial charge on any atom is 0.329 e. The summed E-state index contributed by atoms with van der Waals surface area (Å²) in [5.74, 6) is -2.14. The molecule has 114 valence electrons. The van der Waals surface area contributed by atoms with E-state index in [9.17, 15) is 23.2 Å². The Hall–Kier alpha value is -2.97. The van der Waals surface area contributed by atoms with Gasteiger partial charge in [0.25, 0.3) is 5.56 Å². The Morgan fingerprint density at radius 2 is 1.86 bits per heavy atom. The first kappa shape index (κ1) is 14.0. The molecular formula is C13H10F2N4O3. The topological polar surface area (TPSA) is 96.0 Å². The lowest BCUT2D eigenvalue weighted by Gasteiger charge is -2.27. The Bertz CT molecular complexity index is 903. The number of fused-ring (bicyclic) bond motifs is 1. The van der Waals surface area contributed by atoms with Gasteiger partial charge in [-0.25, -0.2) is 18.4 Å². The molecule has 3 rings (SSSR count). The Morgan fingerprint density at radius 1 is 1.14 bits per heavy atom. The number of H-pyrrole nitrogens is 1. The number of halogens is 2. The first-order chi connectivity index (χ1) is 10.4. The average Bonchev–Trinajstić information content (AvgIpc) is 2.46. The van der Waals surface area contributed by atoms with Crippen molar-refractivity contribution in [2.75, 3.05) is 5.32 Å². The van der Waals surface area contributed by atoms with Crippen LogP contribution in [-0.2, 0) is 7.05 Å². The van der Waals surface area contributed by atoms with Crippen molar-refractivity contribution in [3.8, 4) is 0 Å². The standard InChI is InChI=1S/C13H10F2N4O3/c1-19-10-8(11(20)18-13(19)22)9(16-12(21)17-10)5-2-3-6(14)7(15)4-5/h2-4,9H,1H3,(H2,16,17,21)(H,18,20,22). The number of aromatic nitrogens is 2. The Balaban J connectivity index is 2.26. The summed E-state index contributed by atoms with van der Waals surface area (Å²) in [7, 11) is 1.37. The maximum atomic E-state index is 13.4. The molecule has 9 heteroatoms. The number of amides is 2. The van der Waals surface area contributed by atoms with Crippen LogP contribution in [0.4, 0.5) is 19.4 Å². The molecule has 1 unspecified atom stereocenters. The lowest BCUT2D eigenvalue weighted by molar-refractivity contribution is 0.248. The van der Waals surface area contributed by atoms with Gasteiger partial charge in [0.05, 0.1) is 11.6 Å². The van der Waals surface area contributed by atoms with E-state index in [1.807, 2.05) is 0 Å². The quantitative estimate of drug-likeness (QED) is 0.719. The van der Waals surface area contributed by atoms with E-state index in [1.54, 1.807) is 0 Å². The van der Waals surface area contributed by atoms with Gasteiger partial charge in [-0.05, 0) is 17.7 Å². The zero-order valence-electron chi connectivity index (χ0n) is 11.2. The van der Waals surface area contributed by atoms with Gasteiger partial charge in [-0.15, -0.1) is 0 Å². The monoisotopic (exact) mass is 308 g/mol. The number of urea groups is 1. The van der Waals surface area contributed by atoms with Crippen LogP contribution in [0.2, 0.25) is 0 Å². The first-order valence-electron chi connectivity index (χ1n) is 6.24. The minimum absolute atomic E-state index is 0.00670. The zero-order chi connectivity index (χ0) is 16.0. The number of nitrogens with zero attached hydrogens (tertiary/aromatic N) is 1. The summed E-state index contributed by atoms with van der Waals surface area (Å²) >= 11 is 0. The molecule has 1 aromatic carbocycles. The predicted octanol–water partition coefficient (Wildman–Crippen LogP) is 0.576. The number of rotatable bonds is 1. The average molecular weight is 308 g/mol. The smallest absolute Gasteiger partial charge is 0.327 e. The van der Waals surface area contributed by atoms with Crippen molar-refractivity contribution >= 4 is 11.8 Å². The molecule has 1 aromatic heterocycles. The normalized spacial score (nSPS) is 16.7. The van der Waals surface area contributed by atoms with Gasteiger partial charge in [-0.3, -0.25) is 19.7 Å². The van der Waals surface area contributed by atoms with Crippen molar-refractivity contribution in [1.29, 1.82) is 0 Å². The van der Waals surface area contributed by atoms with Crippen LogP contribution >= 0.6 is 0 Å². The zero-order valence-corrected chi connectivity index (χ0v) is 11.2. The molecule has 0 radical (unpaired) electrons. The highest BCUT2D eigenvalue weighted by Gasteiger charge is 2.31. The Labute approximate surface area is 121 Å². The molecule has 0 bridgehead atoms. The summed E-state index contributed by atoms with van der Waals surface area (Å²) in [5.41, 5.74) is -1.21. The molecule has 7 nitrogen and oxygen atoms in total. The van der Waals surface area contributed by atoms with Gasteiger partial charge in [-0.2, -0.15) is 0 Å². The highest BCUT2D eigenvalue weighted by Crippen LogP contribution is 2.28. The second kappa shape index (κ2) is 4.79. The van der Waals surface area contributed by atoms with E-state index in [1.165, 1.54) is 13.1 Å². The molecule has 1 atom stereocenters. The van der Waals surface area contributed by atoms with E-state index in [2.05, 4.69) is 15.6 Å². The number of carbonyl (C=O) groups is 1. The molecule has 2 aromatic rings. The molecule has 0 aliphatic carbocycles. The van der Waals surface area contributed by atoms with Crippen LogP contribution in [0.5, 0.6) is 0 Å². The number of benzene rings is 1. The van der Waals surface area contributed by atoms with Gasteiger partial charge in [0, 0.05) is 7.05 Å². The molecule has 0 saturated heterocycles. The van der Waals surface area contributed by atoms with E-state index in [-0.39, 0.29) is 16.9 Å². The summed E-state index contributed by atoms with van der Waals surface area (Å²) in [6.07, 6.45) is 0. The Morgan fingerprint density at radius 3 is 2.55 bits per heavy atom. The molecule has 2 amide bonds. The largest absolute Gasteiger partial charge is 0.329 e. The van der Waals surface area contributed by atoms with E-state index in [0.29, 0.717) is 0 Å². The molecule has 22 heavy (non-hydrogen) atoms. The summed E-state index contributed by atoms with van der Waals surface area (Å²) in [6, 6.07) is 1.37. The van der Waals surface area contributed by atoms with Crippen molar-refractivity contribution in [2.24, 2.45) is 7.05 Å². The van der Waals surface area contributed by atoms with Crippen LogP contribution in [0.1, 0.15) is 17.2 Å². The minimum atomic E-state index is -1.10. The van der Waals surface area contributed by atoms with Crippen LogP contribution < -0.4 is 21.9 Å². The highest BCUT2D eigenvalue weighted by molar-refractivity contribution is 5.92. The van der Waals surface area contributed by atoms with E-state index in [4.69, 9.17) is 0 Å². The molecule has 1 aliphatic heterocycles. The van der Waals surface area contributed by atoms with Crippen LogP contribution in [-0.4, -0.2) is 15.6 Å². The molecule has 2 heterocycles. The summed E-state index contributed by atoms with van der Waals surface area (Å²) in [6.45, 7) is 0. The first-order valence-corrected chi connectivity index (χ1v) is 6.24. The van der Waals surface area contributed by atoms with Crippen molar-refractivity contribution in [1.82, 2.24) is 14.9 Å². The van der Waals surface area contributed by atoms with Gasteiger partial charge in [0.2, 0.25) is 0 Å². The van der Waals surface area contributed by atoms with Crippen LogP contribution in [0, 0.1) is 11.6 Å². The predicted molar refractivity (Wildman–Crippen MR) is 72.7 cm³/mol. The number of anilines is 1. The van der Waals surface area contributed by atoms with E-state index >= 15 is 0 Å². The summed E-state index contributed by atoms with van der Waals surface area (Å²) in [4.78, 5) is 37.5. The fourth-order valence-corrected chi connectivity index (χ4v) is 2.35. The number of hydrogen-bond acceptors (Lipinski definition) is 3. The fraction of sp³-hybridized carbons (Fsp3) is 0.154. The van der Waals surface area contributed by atoms with E-state index < -0.39 is 35.0 Å². The SMILES string of the molecule is Cn1c2c(c(=O)[nH]c1=O)C(c1ccc(F)c(F)c1)NC(=O)N2. The van der Waals surface area contributed by atoms with Crippen molar-refractivity contribution in [3.05, 3.63) is 61.8 Å². The second-order valence-electron chi connectivity index (χ2n) is 4.79. The van der Waals surface area contributed by atoms with Gasteiger partial charge in [0.1, 0.15) is 5.82 Å². The molecule has 1 aliphatic rings. The lowest BCUT2D eigenvalue weighted by Crippen LogP contribution is -2.46. The lowest BCUT2D eigenvalue weighted by atomic mass is 9.98. The van der Waals surface area contributed by atoms with Crippen molar-refractivity contribution in [2.45, 2.75) is 6.04 Å². The number of hydrogen-bond donors (Lipinski definition) is 3. The third kappa shape index (κ3) is 2.07. The number of carbonyl (C=O) groups excluding carboxylic acids is 1. The molecule has 0 spiro atoms. The van der Waals surface area contributed by atoms with Crippen LogP contribution in [0.25, 0.3) is 0 Å². The summed E-state index contributed by atoms with van der Waals surface area (Å²) < 4.78 is 27.5. The minimum Gasteiger partial charge on any atom is -0.327 e. The van der Waals surface area contributed by atoms with Gasteiger partial charge < -0.3 is 5.32 Å². The Kier molecular flexibility index (Phi) is 3.05. The second-order valence-corrected chi connectivity index (χ2v) is 4.79. The fourth-order valence-electron chi connectivity index (χ4n) is 2.35. The third-order valence-corrected chi connectivity index (χ3v) is 3.43. The van der Waals surface area contributed by atoms with E-state index in [0.717, 1.165) is 16.7 Å². The van der Waals surface area contributed by atoms with Crippen LogP contribution in [0.15, 0.2) is 27.8 Å². The number of nitrogens with one attached hydrogen (secondary N) is 3. The third-order valence-electron chi connectivity index (χ3n) is 3.43. The van der Waals surface area contributed by atoms with Gasteiger partial charge in [0.15, 0.2) is 11.6 Å². The maximum absolute atomic E-state index is 13.4. The number of aromatic amines is 1.